The van der Waals surface area contributed by atoms with Crippen LogP contribution in [0.2, 0.25) is 0 Å². The van der Waals surface area contributed by atoms with Crippen LogP contribution in [0.25, 0.3) is 0 Å². The van der Waals surface area contributed by atoms with Crippen LogP contribution in [0.15, 0.2) is 41.4 Å². The number of thioether (sulfide) groups is 1. The van der Waals surface area contributed by atoms with Gasteiger partial charge in [0.05, 0.1) is 17.2 Å². The third-order valence-electron chi connectivity index (χ3n) is 4.36. The Balaban J connectivity index is 1.86. The van der Waals surface area contributed by atoms with E-state index in [9.17, 15) is 10.1 Å². The van der Waals surface area contributed by atoms with Gasteiger partial charge in [0, 0.05) is 13.2 Å². The molecule has 0 unspecified atom stereocenters. The molecule has 1 amide bonds. The Kier molecular flexibility index (Phi) is 6.49. The number of aromatic nitrogens is 1. The highest BCUT2D eigenvalue weighted by Gasteiger charge is 2.26. The minimum absolute atomic E-state index is 0.0312. The van der Waals surface area contributed by atoms with Crippen molar-refractivity contribution in [2.24, 2.45) is 0 Å². The number of nitrogens with zero attached hydrogens (tertiary/aromatic N) is 3. The van der Waals surface area contributed by atoms with Crippen molar-refractivity contribution in [3.8, 4) is 12.1 Å². The molecule has 2 atom stereocenters. The van der Waals surface area contributed by atoms with E-state index in [0.717, 1.165) is 36.8 Å². The summed E-state index contributed by atoms with van der Waals surface area (Å²) in [6, 6.07) is 14.6. The number of amides is 1. The molecule has 0 radical (unpaired) electrons. The van der Waals surface area contributed by atoms with Crippen LogP contribution in [0.4, 0.5) is 5.82 Å². The van der Waals surface area contributed by atoms with Crippen molar-refractivity contribution in [3.63, 3.8) is 0 Å². The first kappa shape index (κ1) is 19.7. The van der Waals surface area contributed by atoms with E-state index in [0.29, 0.717) is 11.6 Å². The lowest BCUT2D eigenvalue weighted by Crippen LogP contribution is -2.34. The van der Waals surface area contributed by atoms with Gasteiger partial charge in [0.15, 0.2) is 0 Å². The third kappa shape index (κ3) is 4.61. The molecule has 1 fully saturated rings. The average Bonchev–Trinajstić information content (AvgIpc) is 3.24. The van der Waals surface area contributed by atoms with Crippen molar-refractivity contribution in [2.75, 3.05) is 18.9 Å². The van der Waals surface area contributed by atoms with Crippen LogP contribution >= 0.6 is 11.8 Å². The molecule has 0 aliphatic carbocycles. The summed E-state index contributed by atoms with van der Waals surface area (Å²) in [5, 5.41) is 21.2. The lowest BCUT2D eigenvalue weighted by atomic mass is 10.1. The summed E-state index contributed by atoms with van der Waals surface area (Å²) in [6.07, 6.45) is 1.95. The van der Waals surface area contributed by atoms with Gasteiger partial charge in [-0.3, -0.25) is 4.79 Å². The molecule has 3 N–H and O–H groups in total. The molecule has 2 aromatic rings. The number of nitrogen functional groups attached to an aromatic ring is 1. The predicted octanol–water partition coefficient (Wildman–Crippen LogP) is 2.54. The minimum atomic E-state index is -0.616. The summed E-state index contributed by atoms with van der Waals surface area (Å²) in [7, 11) is 0. The highest BCUT2D eigenvalue weighted by molar-refractivity contribution is 8.00. The van der Waals surface area contributed by atoms with E-state index in [1.54, 1.807) is 0 Å². The van der Waals surface area contributed by atoms with E-state index in [-0.39, 0.29) is 29.0 Å². The molecular weight excluding hydrogens is 374 g/mol. The maximum atomic E-state index is 12.9. The first-order valence-electron chi connectivity index (χ1n) is 8.84. The highest BCUT2D eigenvalue weighted by Crippen LogP contribution is 2.37. The zero-order valence-corrected chi connectivity index (χ0v) is 15.9. The standard InChI is InChI=1S/C20H19N5O2S/c21-10-14-9-15(11-22)20(25-18(14)23)28-17(13-5-2-1-3-6-13)19(26)24-12-16-7-4-8-27-16/h1-3,5-6,9,16-17H,4,7-8,12H2,(H2,23,25)(H,24,26)/t16-,17-/m0/s1. The number of benzene rings is 1. The number of anilines is 1. The topological polar surface area (TPSA) is 125 Å². The molecule has 0 saturated carbocycles. The first-order valence-corrected chi connectivity index (χ1v) is 9.72. The van der Waals surface area contributed by atoms with E-state index in [4.69, 9.17) is 15.7 Å². The van der Waals surface area contributed by atoms with Crippen molar-refractivity contribution in [2.45, 2.75) is 29.2 Å². The van der Waals surface area contributed by atoms with E-state index in [1.165, 1.54) is 6.07 Å². The largest absolute Gasteiger partial charge is 0.383 e. The molecule has 2 heterocycles. The van der Waals surface area contributed by atoms with Crippen LogP contribution in [0.1, 0.15) is 34.8 Å². The second-order valence-corrected chi connectivity index (χ2v) is 7.38. The van der Waals surface area contributed by atoms with Crippen molar-refractivity contribution in [1.29, 1.82) is 10.5 Å². The van der Waals surface area contributed by atoms with Crippen molar-refractivity contribution in [1.82, 2.24) is 10.3 Å². The lowest BCUT2D eigenvalue weighted by molar-refractivity contribution is -0.121. The number of ether oxygens (including phenoxy) is 1. The second-order valence-electron chi connectivity index (χ2n) is 6.29. The molecule has 1 saturated heterocycles. The van der Waals surface area contributed by atoms with E-state index < -0.39 is 5.25 Å². The summed E-state index contributed by atoms with van der Waals surface area (Å²) in [6.45, 7) is 1.16. The molecule has 1 aliphatic rings. The maximum absolute atomic E-state index is 12.9. The van der Waals surface area contributed by atoms with Crippen molar-refractivity contribution in [3.05, 3.63) is 53.1 Å². The number of pyridine rings is 1. The number of nitrogens with one attached hydrogen (secondary N) is 1. The first-order chi connectivity index (χ1) is 13.6. The molecule has 7 nitrogen and oxygen atoms in total. The third-order valence-corrected chi connectivity index (χ3v) is 5.61. The average molecular weight is 393 g/mol. The molecule has 28 heavy (non-hydrogen) atoms. The van der Waals surface area contributed by atoms with Gasteiger partial charge in [0.2, 0.25) is 5.91 Å². The molecule has 8 heteroatoms. The summed E-state index contributed by atoms with van der Waals surface area (Å²) >= 11 is 1.14. The van der Waals surface area contributed by atoms with Gasteiger partial charge in [-0.05, 0) is 24.5 Å². The summed E-state index contributed by atoms with van der Waals surface area (Å²) < 4.78 is 5.56. The van der Waals surface area contributed by atoms with Gasteiger partial charge in [-0.1, -0.05) is 42.1 Å². The normalized spacial score (nSPS) is 16.7. The SMILES string of the molecule is N#Cc1cc(C#N)c(S[C@H](C(=O)NC[C@@H]2CCCO2)c2ccccc2)nc1N. The zero-order valence-electron chi connectivity index (χ0n) is 15.1. The summed E-state index contributed by atoms with van der Waals surface area (Å²) in [5.41, 5.74) is 6.95. The number of carbonyl (C=O) groups is 1. The van der Waals surface area contributed by atoms with Crippen LogP contribution < -0.4 is 11.1 Å². The van der Waals surface area contributed by atoms with Crippen LogP contribution in [0.5, 0.6) is 0 Å². The molecule has 0 spiro atoms. The fraction of sp³-hybridized carbons (Fsp3) is 0.300. The number of hydrogen-bond donors (Lipinski definition) is 2. The van der Waals surface area contributed by atoms with Gasteiger partial charge in [0.25, 0.3) is 0 Å². The quantitative estimate of drug-likeness (QED) is 0.722. The number of nitrogens with two attached hydrogens (primary N) is 1. The van der Waals surface area contributed by atoms with Crippen LogP contribution in [-0.2, 0) is 9.53 Å². The van der Waals surface area contributed by atoms with Gasteiger partial charge in [-0.15, -0.1) is 0 Å². The Bertz CT molecular complexity index is 930. The fourth-order valence-corrected chi connectivity index (χ4v) is 3.98. The molecular formula is C20H19N5O2S. The Morgan fingerprint density at radius 2 is 2.07 bits per heavy atom. The van der Waals surface area contributed by atoms with E-state index in [2.05, 4.69) is 10.3 Å². The van der Waals surface area contributed by atoms with Gasteiger partial charge in [0.1, 0.15) is 28.2 Å². The monoisotopic (exact) mass is 393 g/mol. The Morgan fingerprint density at radius 3 is 2.71 bits per heavy atom. The van der Waals surface area contributed by atoms with Crippen LogP contribution in [0, 0.1) is 22.7 Å². The molecule has 0 bridgehead atoms. The van der Waals surface area contributed by atoms with Crippen LogP contribution in [-0.4, -0.2) is 30.1 Å². The number of carbonyl (C=O) groups excluding carboxylic acids is 1. The molecule has 1 aromatic carbocycles. The number of hydrogen-bond acceptors (Lipinski definition) is 7. The summed E-state index contributed by atoms with van der Waals surface area (Å²) in [4.78, 5) is 17.1. The number of rotatable bonds is 6. The fourth-order valence-electron chi connectivity index (χ4n) is 2.89. The van der Waals surface area contributed by atoms with Crippen molar-refractivity contribution >= 4 is 23.5 Å². The highest BCUT2D eigenvalue weighted by atomic mass is 32.2. The second kappa shape index (κ2) is 9.23. The minimum Gasteiger partial charge on any atom is -0.383 e. The van der Waals surface area contributed by atoms with Crippen LogP contribution in [0.3, 0.4) is 0 Å². The van der Waals surface area contributed by atoms with Crippen molar-refractivity contribution < 1.29 is 9.53 Å². The van der Waals surface area contributed by atoms with Gasteiger partial charge >= 0.3 is 0 Å². The molecule has 1 aromatic heterocycles. The molecule has 142 valence electrons. The summed E-state index contributed by atoms with van der Waals surface area (Å²) in [5.74, 6) is -0.157. The predicted molar refractivity (Wildman–Crippen MR) is 105 cm³/mol. The van der Waals surface area contributed by atoms with Gasteiger partial charge < -0.3 is 15.8 Å². The van der Waals surface area contributed by atoms with Gasteiger partial charge in [-0.25, -0.2) is 4.98 Å². The smallest absolute Gasteiger partial charge is 0.238 e. The molecule has 3 rings (SSSR count). The maximum Gasteiger partial charge on any atom is 0.238 e. The lowest BCUT2D eigenvalue weighted by Gasteiger charge is -2.19. The van der Waals surface area contributed by atoms with E-state index in [1.807, 2.05) is 42.5 Å². The number of nitriles is 2. The van der Waals surface area contributed by atoms with Gasteiger partial charge in [-0.2, -0.15) is 10.5 Å². The van der Waals surface area contributed by atoms with E-state index >= 15 is 0 Å². The Morgan fingerprint density at radius 1 is 1.32 bits per heavy atom. The Hall–Kier alpha value is -3.07. The Labute approximate surface area is 167 Å². The molecule has 1 aliphatic heterocycles. The zero-order chi connectivity index (χ0) is 19.9.